The SMILES string of the molecule is Cc1nn(C)c(C)c1C(F)(F)CCN. The molecule has 0 unspecified atom stereocenters. The van der Waals surface area contributed by atoms with Crippen molar-refractivity contribution in [3.05, 3.63) is 17.0 Å². The van der Waals surface area contributed by atoms with E-state index in [9.17, 15) is 8.78 Å². The van der Waals surface area contributed by atoms with Gasteiger partial charge in [0.2, 0.25) is 0 Å². The van der Waals surface area contributed by atoms with E-state index in [1.165, 1.54) is 4.68 Å². The predicted octanol–water partition coefficient (Wildman–Crippen LogP) is 1.48. The van der Waals surface area contributed by atoms with E-state index in [1.54, 1.807) is 20.9 Å². The van der Waals surface area contributed by atoms with Gasteiger partial charge in [-0.15, -0.1) is 0 Å². The third kappa shape index (κ3) is 1.77. The summed E-state index contributed by atoms with van der Waals surface area (Å²) in [5.41, 5.74) is 6.05. The fourth-order valence-corrected chi connectivity index (χ4v) is 1.61. The summed E-state index contributed by atoms with van der Waals surface area (Å²) in [7, 11) is 1.66. The molecule has 0 aliphatic carbocycles. The molecule has 0 bridgehead atoms. The van der Waals surface area contributed by atoms with Crippen molar-refractivity contribution >= 4 is 0 Å². The lowest BCUT2D eigenvalue weighted by atomic mass is 10.0. The number of aromatic nitrogens is 2. The number of hydrogen-bond donors (Lipinski definition) is 1. The first-order valence-electron chi connectivity index (χ1n) is 4.48. The number of hydrogen-bond acceptors (Lipinski definition) is 2. The summed E-state index contributed by atoms with van der Waals surface area (Å²) in [5, 5.41) is 3.95. The standard InChI is InChI=1S/C9H15F2N3/c1-6-8(7(2)14(3)13-6)9(10,11)4-5-12/h4-5,12H2,1-3H3. The van der Waals surface area contributed by atoms with Crippen LogP contribution in [0.15, 0.2) is 0 Å². The first-order valence-corrected chi connectivity index (χ1v) is 4.48. The molecule has 1 rings (SSSR count). The number of nitrogens with two attached hydrogens (primary N) is 1. The molecule has 1 aromatic heterocycles. The molecule has 80 valence electrons. The summed E-state index contributed by atoms with van der Waals surface area (Å²) < 4.78 is 28.6. The number of halogens is 2. The molecule has 0 aromatic carbocycles. The zero-order valence-corrected chi connectivity index (χ0v) is 8.64. The lowest BCUT2D eigenvalue weighted by Gasteiger charge is -2.15. The second-order valence-electron chi connectivity index (χ2n) is 3.41. The van der Waals surface area contributed by atoms with Crippen molar-refractivity contribution in [2.24, 2.45) is 12.8 Å². The molecule has 1 aromatic rings. The Morgan fingerprint density at radius 2 is 2.00 bits per heavy atom. The van der Waals surface area contributed by atoms with Crippen LogP contribution in [0, 0.1) is 13.8 Å². The maximum atomic E-state index is 13.6. The molecule has 0 fully saturated rings. The summed E-state index contributed by atoms with van der Waals surface area (Å²) in [6, 6.07) is 0. The molecule has 1 heterocycles. The van der Waals surface area contributed by atoms with Gasteiger partial charge in [0.05, 0.1) is 11.3 Å². The number of aryl methyl sites for hydroxylation is 2. The van der Waals surface area contributed by atoms with E-state index in [0.29, 0.717) is 11.4 Å². The van der Waals surface area contributed by atoms with Crippen LogP contribution in [0.25, 0.3) is 0 Å². The molecule has 0 atom stereocenters. The second-order valence-corrected chi connectivity index (χ2v) is 3.41. The third-order valence-corrected chi connectivity index (χ3v) is 2.33. The highest BCUT2D eigenvalue weighted by Gasteiger charge is 2.36. The lowest BCUT2D eigenvalue weighted by Crippen LogP contribution is -2.20. The monoisotopic (exact) mass is 203 g/mol. The minimum atomic E-state index is -2.86. The zero-order chi connectivity index (χ0) is 10.9. The van der Waals surface area contributed by atoms with Gasteiger partial charge < -0.3 is 5.73 Å². The molecule has 0 aliphatic rings. The summed E-state index contributed by atoms with van der Waals surface area (Å²) in [6.07, 6.45) is -0.333. The van der Waals surface area contributed by atoms with Crippen LogP contribution in [0.5, 0.6) is 0 Å². The molecule has 5 heteroatoms. The van der Waals surface area contributed by atoms with Crippen molar-refractivity contribution in [1.82, 2.24) is 9.78 Å². The average Bonchev–Trinajstić information content (AvgIpc) is 2.26. The van der Waals surface area contributed by atoms with Crippen LogP contribution in [-0.2, 0) is 13.0 Å². The maximum absolute atomic E-state index is 13.6. The number of alkyl halides is 2. The van der Waals surface area contributed by atoms with Crippen LogP contribution in [0.2, 0.25) is 0 Å². The molecule has 0 aliphatic heterocycles. The molecular weight excluding hydrogens is 188 g/mol. The molecular formula is C9H15F2N3. The highest BCUT2D eigenvalue weighted by molar-refractivity contribution is 5.29. The minimum absolute atomic E-state index is 0.0189. The number of nitrogens with zero attached hydrogens (tertiary/aromatic N) is 2. The quantitative estimate of drug-likeness (QED) is 0.808. The van der Waals surface area contributed by atoms with Gasteiger partial charge in [-0.2, -0.15) is 5.10 Å². The van der Waals surface area contributed by atoms with Crippen LogP contribution in [0.1, 0.15) is 23.4 Å². The average molecular weight is 203 g/mol. The number of rotatable bonds is 3. The predicted molar refractivity (Wildman–Crippen MR) is 50.2 cm³/mol. The van der Waals surface area contributed by atoms with Crippen LogP contribution >= 0.6 is 0 Å². The van der Waals surface area contributed by atoms with Gasteiger partial charge in [0.1, 0.15) is 0 Å². The van der Waals surface area contributed by atoms with Crippen molar-refractivity contribution in [2.75, 3.05) is 6.54 Å². The molecule has 0 amide bonds. The first-order chi connectivity index (χ1) is 6.40. The molecule has 3 nitrogen and oxygen atoms in total. The molecule has 2 N–H and O–H groups in total. The van der Waals surface area contributed by atoms with Crippen molar-refractivity contribution in [1.29, 1.82) is 0 Å². The third-order valence-electron chi connectivity index (χ3n) is 2.33. The van der Waals surface area contributed by atoms with Crippen molar-refractivity contribution in [2.45, 2.75) is 26.2 Å². The summed E-state index contributed by atoms with van der Waals surface area (Å²) in [5.74, 6) is -2.86. The Bertz CT molecular complexity index is 331. The molecule has 14 heavy (non-hydrogen) atoms. The largest absolute Gasteiger partial charge is 0.330 e. The fourth-order valence-electron chi connectivity index (χ4n) is 1.61. The highest BCUT2D eigenvalue weighted by atomic mass is 19.3. The molecule has 0 spiro atoms. The van der Waals surface area contributed by atoms with Crippen molar-refractivity contribution in [3.8, 4) is 0 Å². The maximum Gasteiger partial charge on any atom is 0.278 e. The van der Waals surface area contributed by atoms with Gasteiger partial charge in [0.25, 0.3) is 5.92 Å². The molecule has 0 saturated carbocycles. The summed E-state index contributed by atoms with van der Waals surface area (Å²) in [6.45, 7) is 3.20. The van der Waals surface area contributed by atoms with E-state index >= 15 is 0 Å². The van der Waals surface area contributed by atoms with E-state index in [4.69, 9.17) is 5.73 Å². The highest BCUT2D eigenvalue weighted by Crippen LogP contribution is 2.35. The van der Waals surface area contributed by atoms with Gasteiger partial charge in [-0.1, -0.05) is 0 Å². The van der Waals surface area contributed by atoms with Crippen LogP contribution in [0.4, 0.5) is 8.78 Å². The summed E-state index contributed by atoms with van der Waals surface area (Å²) >= 11 is 0. The zero-order valence-electron chi connectivity index (χ0n) is 8.64. The van der Waals surface area contributed by atoms with Gasteiger partial charge in [0, 0.05) is 19.2 Å². The van der Waals surface area contributed by atoms with Crippen LogP contribution in [0.3, 0.4) is 0 Å². The smallest absolute Gasteiger partial charge is 0.278 e. The van der Waals surface area contributed by atoms with Gasteiger partial charge in [0.15, 0.2) is 0 Å². The Kier molecular flexibility index (Phi) is 2.89. The summed E-state index contributed by atoms with van der Waals surface area (Å²) in [4.78, 5) is 0. The minimum Gasteiger partial charge on any atom is -0.330 e. The molecule has 0 saturated heterocycles. The topological polar surface area (TPSA) is 43.8 Å². The van der Waals surface area contributed by atoms with Gasteiger partial charge in [-0.05, 0) is 20.4 Å². The second kappa shape index (κ2) is 3.65. The Hall–Kier alpha value is -0.970. The Morgan fingerprint density at radius 3 is 2.36 bits per heavy atom. The van der Waals surface area contributed by atoms with Crippen molar-refractivity contribution in [3.63, 3.8) is 0 Å². The fraction of sp³-hybridized carbons (Fsp3) is 0.667. The Morgan fingerprint density at radius 1 is 1.43 bits per heavy atom. The van der Waals surface area contributed by atoms with E-state index in [0.717, 1.165) is 0 Å². The van der Waals surface area contributed by atoms with Crippen LogP contribution in [-0.4, -0.2) is 16.3 Å². The van der Waals surface area contributed by atoms with E-state index in [2.05, 4.69) is 5.10 Å². The van der Waals surface area contributed by atoms with Gasteiger partial charge in [-0.3, -0.25) is 4.68 Å². The Labute approximate surface area is 81.9 Å². The first kappa shape index (κ1) is 11.1. The molecule has 0 radical (unpaired) electrons. The van der Waals surface area contributed by atoms with Gasteiger partial charge in [-0.25, -0.2) is 8.78 Å². The van der Waals surface area contributed by atoms with Crippen molar-refractivity contribution < 1.29 is 8.78 Å². The van der Waals surface area contributed by atoms with Gasteiger partial charge >= 0.3 is 0 Å². The van der Waals surface area contributed by atoms with E-state index in [-0.39, 0.29) is 18.5 Å². The lowest BCUT2D eigenvalue weighted by molar-refractivity contribution is -0.0120. The van der Waals surface area contributed by atoms with E-state index < -0.39 is 5.92 Å². The van der Waals surface area contributed by atoms with Crippen LogP contribution < -0.4 is 5.73 Å². The van der Waals surface area contributed by atoms with E-state index in [1.807, 2.05) is 0 Å². The Balaban J connectivity index is 3.17. The normalized spacial score (nSPS) is 12.1.